The maximum atomic E-state index is 12.9. The van der Waals surface area contributed by atoms with Crippen molar-refractivity contribution in [2.75, 3.05) is 37.6 Å². The molecule has 2 aliphatic rings. The van der Waals surface area contributed by atoms with Crippen LogP contribution in [-0.4, -0.2) is 65.2 Å². The lowest BCUT2D eigenvalue weighted by Gasteiger charge is -2.35. The minimum absolute atomic E-state index is 0.0247. The lowest BCUT2D eigenvalue weighted by Crippen LogP contribution is -2.52. The minimum Gasteiger partial charge on any atom is -0.339 e. The number of rotatable bonds is 3. The molecule has 0 unspecified atom stereocenters. The summed E-state index contributed by atoms with van der Waals surface area (Å²) in [6.45, 7) is 2.25. The Hall–Kier alpha value is -2.93. The molecule has 2 aliphatic heterocycles. The number of carbonyl (C=O) groups is 3. The van der Waals surface area contributed by atoms with E-state index in [0.717, 1.165) is 5.69 Å². The second-order valence-corrected chi connectivity index (χ2v) is 7.68. The fraction of sp³-hybridized carbons (Fsp3) is 0.333. The Morgan fingerprint density at radius 2 is 1.69 bits per heavy atom. The highest BCUT2D eigenvalue weighted by Gasteiger charge is 2.38. The summed E-state index contributed by atoms with van der Waals surface area (Å²) in [5, 5.41) is 0.603. The van der Waals surface area contributed by atoms with Crippen molar-refractivity contribution in [1.29, 1.82) is 0 Å². The van der Waals surface area contributed by atoms with Crippen LogP contribution in [0.4, 0.5) is 5.69 Å². The molecule has 2 aromatic rings. The third-order valence-corrected chi connectivity index (χ3v) is 5.65. The van der Waals surface area contributed by atoms with Gasteiger partial charge in [-0.15, -0.1) is 0 Å². The summed E-state index contributed by atoms with van der Waals surface area (Å²) >= 11 is 5.91. The fourth-order valence-corrected chi connectivity index (χ4v) is 3.93. The molecule has 3 heterocycles. The molecule has 0 aliphatic carbocycles. The topological polar surface area (TPSA) is 73.8 Å². The molecular weight excluding hydrogens is 392 g/mol. The van der Waals surface area contributed by atoms with Crippen LogP contribution in [0.2, 0.25) is 5.02 Å². The van der Waals surface area contributed by atoms with Crippen molar-refractivity contribution in [2.45, 2.75) is 6.42 Å². The van der Waals surface area contributed by atoms with E-state index in [1.165, 1.54) is 0 Å². The van der Waals surface area contributed by atoms with E-state index in [1.54, 1.807) is 63.5 Å². The zero-order chi connectivity index (χ0) is 20.4. The molecule has 0 bridgehead atoms. The van der Waals surface area contributed by atoms with Gasteiger partial charge in [0.1, 0.15) is 0 Å². The summed E-state index contributed by atoms with van der Waals surface area (Å²) in [6.07, 6.45) is 3.38. The van der Waals surface area contributed by atoms with Crippen LogP contribution in [-0.2, 0) is 9.59 Å². The number of benzene rings is 1. The van der Waals surface area contributed by atoms with Gasteiger partial charge >= 0.3 is 0 Å². The largest absolute Gasteiger partial charge is 0.339 e. The summed E-state index contributed by atoms with van der Waals surface area (Å²) in [5.74, 6) is -0.520. The first kappa shape index (κ1) is 19.4. The van der Waals surface area contributed by atoms with Gasteiger partial charge in [0.05, 0.1) is 11.5 Å². The normalized spacial score (nSPS) is 19.6. The van der Waals surface area contributed by atoms with Gasteiger partial charge in [0.2, 0.25) is 11.8 Å². The molecule has 8 heteroatoms. The summed E-state index contributed by atoms with van der Waals surface area (Å²) in [6, 6.07) is 10.5. The maximum Gasteiger partial charge on any atom is 0.255 e. The van der Waals surface area contributed by atoms with Gasteiger partial charge in [-0.25, -0.2) is 0 Å². The summed E-state index contributed by atoms with van der Waals surface area (Å²) in [4.78, 5) is 47.0. The van der Waals surface area contributed by atoms with E-state index in [4.69, 9.17) is 11.6 Å². The summed E-state index contributed by atoms with van der Waals surface area (Å²) in [5.41, 5.74) is 1.30. The van der Waals surface area contributed by atoms with Crippen LogP contribution in [0.3, 0.4) is 0 Å². The van der Waals surface area contributed by atoms with Gasteiger partial charge in [-0.05, 0) is 36.4 Å². The molecule has 1 aromatic heterocycles. The average Bonchev–Trinajstić information content (AvgIpc) is 3.15. The quantitative estimate of drug-likeness (QED) is 0.773. The van der Waals surface area contributed by atoms with Crippen molar-refractivity contribution in [2.24, 2.45) is 5.92 Å². The van der Waals surface area contributed by atoms with E-state index in [-0.39, 0.29) is 30.1 Å². The van der Waals surface area contributed by atoms with Crippen molar-refractivity contribution >= 4 is 35.0 Å². The molecule has 0 radical (unpaired) electrons. The Bertz CT molecular complexity index is 911. The van der Waals surface area contributed by atoms with Gasteiger partial charge < -0.3 is 14.7 Å². The first-order valence-corrected chi connectivity index (χ1v) is 9.95. The molecule has 0 saturated carbocycles. The maximum absolute atomic E-state index is 12.9. The second-order valence-electron chi connectivity index (χ2n) is 7.24. The number of pyridine rings is 1. The van der Waals surface area contributed by atoms with E-state index in [1.807, 2.05) is 0 Å². The predicted molar refractivity (Wildman–Crippen MR) is 109 cm³/mol. The number of anilines is 1. The molecule has 1 atom stereocenters. The monoisotopic (exact) mass is 412 g/mol. The van der Waals surface area contributed by atoms with E-state index < -0.39 is 0 Å². The Balaban J connectivity index is 1.34. The zero-order valence-corrected chi connectivity index (χ0v) is 16.6. The number of piperazine rings is 1. The Kier molecular flexibility index (Phi) is 5.49. The number of nitrogens with zero attached hydrogens (tertiary/aromatic N) is 4. The summed E-state index contributed by atoms with van der Waals surface area (Å²) in [7, 11) is 0. The molecule has 0 N–H and O–H groups in total. The molecule has 7 nitrogen and oxygen atoms in total. The number of carbonyl (C=O) groups excluding carboxylic acids is 3. The molecule has 29 heavy (non-hydrogen) atoms. The lowest BCUT2D eigenvalue weighted by molar-refractivity contribution is -0.137. The van der Waals surface area contributed by atoms with E-state index in [0.29, 0.717) is 43.3 Å². The van der Waals surface area contributed by atoms with Crippen molar-refractivity contribution in [3.8, 4) is 0 Å². The van der Waals surface area contributed by atoms with Gasteiger partial charge in [-0.3, -0.25) is 19.4 Å². The number of hydrogen-bond acceptors (Lipinski definition) is 4. The molecular formula is C21H21ClN4O3. The van der Waals surface area contributed by atoms with E-state index in [9.17, 15) is 14.4 Å². The SMILES string of the molecule is O=C(c1cccnc1)N1CCN(C(=O)[C@H]2CC(=O)N(c3ccc(Cl)cc3)C2)CC1. The first-order valence-electron chi connectivity index (χ1n) is 9.57. The number of halogens is 1. The average molecular weight is 413 g/mol. The smallest absolute Gasteiger partial charge is 0.255 e. The van der Waals surface area contributed by atoms with Gasteiger partial charge in [-0.2, -0.15) is 0 Å². The third kappa shape index (κ3) is 4.10. The number of amides is 3. The Labute approximate surface area is 173 Å². The second kappa shape index (κ2) is 8.21. The van der Waals surface area contributed by atoms with Crippen molar-refractivity contribution in [1.82, 2.24) is 14.8 Å². The van der Waals surface area contributed by atoms with Crippen LogP contribution < -0.4 is 4.90 Å². The number of aromatic nitrogens is 1. The van der Waals surface area contributed by atoms with Crippen LogP contribution in [0.25, 0.3) is 0 Å². The molecule has 2 saturated heterocycles. The molecule has 0 spiro atoms. The first-order chi connectivity index (χ1) is 14.0. The molecule has 3 amide bonds. The zero-order valence-electron chi connectivity index (χ0n) is 15.8. The summed E-state index contributed by atoms with van der Waals surface area (Å²) < 4.78 is 0. The standard InChI is InChI=1S/C21H21ClN4O3/c22-17-3-5-18(6-4-17)26-14-16(12-19(26)27)21(29)25-10-8-24(9-11-25)20(28)15-2-1-7-23-13-15/h1-7,13,16H,8-12,14H2/t16-/m0/s1. The predicted octanol–water partition coefficient (Wildman–Crippen LogP) is 2.07. The van der Waals surface area contributed by atoms with Crippen LogP contribution >= 0.6 is 11.6 Å². The Morgan fingerprint density at radius 1 is 1.00 bits per heavy atom. The highest BCUT2D eigenvalue weighted by Crippen LogP contribution is 2.27. The van der Waals surface area contributed by atoms with Crippen molar-refractivity contribution < 1.29 is 14.4 Å². The van der Waals surface area contributed by atoms with Crippen molar-refractivity contribution in [3.63, 3.8) is 0 Å². The molecule has 2 fully saturated rings. The molecule has 150 valence electrons. The van der Waals surface area contributed by atoms with Gasteiger partial charge in [0, 0.05) is 62.2 Å². The highest BCUT2D eigenvalue weighted by atomic mass is 35.5. The van der Waals surface area contributed by atoms with Gasteiger partial charge in [0.15, 0.2) is 0 Å². The van der Waals surface area contributed by atoms with Gasteiger partial charge in [-0.1, -0.05) is 11.6 Å². The lowest BCUT2D eigenvalue weighted by atomic mass is 10.1. The highest BCUT2D eigenvalue weighted by molar-refractivity contribution is 6.30. The minimum atomic E-state index is -0.362. The van der Waals surface area contributed by atoms with Crippen LogP contribution in [0.5, 0.6) is 0 Å². The molecule has 1 aromatic carbocycles. The molecule has 4 rings (SSSR count). The van der Waals surface area contributed by atoms with Crippen LogP contribution in [0.1, 0.15) is 16.8 Å². The van der Waals surface area contributed by atoms with Crippen molar-refractivity contribution in [3.05, 3.63) is 59.4 Å². The van der Waals surface area contributed by atoms with Crippen LogP contribution in [0.15, 0.2) is 48.8 Å². The van der Waals surface area contributed by atoms with E-state index in [2.05, 4.69) is 4.98 Å². The third-order valence-electron chi connectivity index (χ3n) is 5.40. The van der Waals surface area contributed by atoms with Gasteiger partial charge in [0.25, 0.3) is 5.91 Å². The van der Waals surface area contributed by atoms with E-state index >= 15 is 0 Å². The fourth-order valence-electron chi connectivity index (χ4n) is 3.80. The number of hydrogen-bond donors (Lipinski definition) is 0. The Morgan fingerprint density at radius 3 is 2.34 bits per heavy atom. The van der Waals surface area contributed by atoms with Crippen LogP contribution in [0, 0.1) is 5.92 Å².